The lowest BCUT2D eigenvalue weighted by atomic mass is 10.0. The maximum Gasteiger partial charge on any atom is 0.347 e. The van der Waals surface area contributed by atoms with Gasteiger partial charge >= 0.3 is 5.63 Å². The number of hydrogen-bond acceptors (Lipinski definition) is 3. The smallest absolute Gasteiger partial charge is 0.347 e. The number of benzene rings is 3. The minimum absolute atomic E-state index is 0.300. The summed E-state index contributed by atoms with van der Waals surface area (Å²) in [7, 11) is 0. The Bertz CT molecular complexity index is 1120. The quantitative estimate of drug-likeness (QED) is 0.438. The predicted molar refractivity (Wildman–Crippen MR) is 95.9 cm³/mol. The van der Waals surface area contributed by atoms with E-state index >= 15 is 0 Å². The van der Waals surface area contributed by atoms with Crippen molar-refractivity contribution in [3.8, 4) is 11.5 Å². The van der Waals surface area contributed by atoms with Crippen LogP contribution in [0.5, 0.6) is 0 Å². The zero-order valence-electron chi connectivity index (χ0n) is 11.7. The molecule has 4 rings (SSSR count). The van der Waals surface area contributed by atoms with Crippen molar-refractivity contribution in [2.24, 2.45) is 0 Å². The number of fused-ring (bicyclic) bond motifs is 2. The van der Waals surface area contributed by atoms with Gasteiger partial charge in [-0.1, -0.05) is 51.8 Å². The lowest BCUT2D eigenvalue weighted by Crippen LogP contribution is -2.03. The van der Waals surface area contributed by atoms with Crippen LogP contribution in [0.15, 0.2) is 68.3 Å². The summed E-state index contributed by atoms with van der Waals surface area (Å²) in [4.78, 5) is 16.7. The van der Waals surface area contributed by atoms with Crippen LogP contribution in [0, 0.1) is 0 Å². The van der Waals surface area contributed by atoms with E-state index in [9.17, 15) is 4.79 Å². The monoisotopic (exact) mass is 385 g/mol. The molecule has 23 heavy (non-hydrogen) atoms. The van der Waals surface area contributed by atoms with Crippen LogP contribution in [-0.4, -0.2) is 4.98 Å². The van der Waals surface area contributed by atoms with Gasteiger partial charge in [-0.25, -0.2) is 9.78 Å². The number of aromatic nitrogens is 1. The minimum atomic E-state index is -0.445. The van der Waals surface area contributed by atoms with Crippen LogP contribution < -0.4 is 5.63 Å². The van der Waals surface area contributed by atoms with Gasteiger partial charge in [0, 0.05) is 15.1 Å². The van der Waals surface area contributed by atoms with Gasteiger partial charge in [0.15, 0.2) is 0 Å². The summed E-state index contributed by atoms with van der Waals surface area (Å²) in [6, 6.07) is 16.7. The average molecular weight is 387 g/mol. The third kappa shape index (κ3) is 2.44. The van der Waals surface area contributed by atoms with E-state index in [4.69, 9.17) is 16.0 Å². The van der Waals surface area contributed by atoms with Gasteiger partial charge in [-0.05, 0) is 41.1 Å². The van der Waals surface area contributed by atoms with E-state index in [-0.39, 0.29) is 0 Å². The van der Waals surface area contributed by atoms with Gasteiger partial charge in [0.2, 0.25) is 5.89 Å². The zero-order valence-corrected chi connectivity index (χ0v) is 14.1. The molecule has 0 aliphatic rings. The number of halogens is 2. The second-order valence-electron chi connectivity index (χ2n) is 5.11. The van der Waals surface area contributed by atoms with Crippen molar-refractivity contribution >= 4 is 49.2 Å². The summed E-state index contributed by atoms with van der Waals surface area (Å²) in [5, 5.41) is 2.85. The molecule has 3 nitrogen and oxygen atoms in total. The van der Waals surface area contributed by atoms with Gasteiger partial charge in [-0.15, -0.1) is 0 Å². The van der Waals surface area contributed by atoms with Crippen molar-refractivity contribution in [1.29, 1.82) is 0 Å². The maximum absolute atomic E-state index is 12.3. The van der Waals surface area contributed by atoms with Crippen molar-refractivity contribution < 1.29 is 4.42 Å². The van der Waals surface area contributed by atoms with E-state index in [1.54, 1.807) is 18.2 Å². The minimum Gasteiger partial charge on any atom is -0.403 e. The number of nitrogens with zero attached hydrogens (tertiary/aromatic N) is 1. The predicted octanol–water partition coefficient (Wildman–Crippen LogP) is 5.42. The molecule has 4 aromatic rings. The first-order valence-electron chi connectivity index (χ1n) is 6.91. The van der Waals surface area contributed by atoms with Crippen LogP contribution in [0.2, 0.25) is 5.02 Å². The second kappa shape index (κ2) is 5.48. The molecule has 112 valence electrons. The standard InChI is InChI=1S/C18H9BrClNO2/c19-15-6-2-3-11-12(15)4-1-5-13(11)17-21-16-8-7-10(20)9-14(16)18(22)23-17/h1-9H. The van der Waals surface area contributed by atoms with Crippen LogP contribution in [-0.2, 0) is 0 Å². The molecular formula is C18H9BrClNO2. The Morgan fingerprint density at radius 1 is 0.957 bits per heavy atom. The van der Waals surface area contributed by atoms with Gasteiger partial charge in [-0.2, -0.15) is 0 Å². The Morgan fingerprint density at radius 2 is 1.74 bits per heavy atom. The molecule has 0 amide bonds. The molecule has 0 radical (unpaired) electrons. The molecule has 1 heterocycles. The molecule has 0 unspecified atom stereocenters. The van der Waals surface area contributed by atoms with E-state index in [0.29, 0.717) is 21.8 Å². The summed E-state index contributed by atoms with van der Waals surface area (Å²) >= 11 is 9.47. The molecule has 0 N–H and O–H groups in total. The molecule has 0 spiro atoms. The Labute approximate surface area is 144 Å². The van der Waals surface area contributed by atoms with Crippen molar-refractivity contribution in [3.63, 3.8) is 0 Å². The zero-order chi connectivity index (χ0) is 16.0. The van der Waals surface area contributed by atoms with Crippen molar-refractivity contribution in [1.82, 2.24) is 4.98 Å². The van der Waals surface area contributed by atoms with E-state index < -0.39 is 5.63 Å². The fourth-order valence-corrected chi connectivity index (χ4v) is 3.29. The third-order valence-corrected chi connectivity index (χ3v) is 4.62. The molecule has 5 heteroatoms. The molecule has 3 aromatic carbocycles. The molecular weight excluding hydrogens is 378 g/mol. The molecule has 0 bridgehead atoms. The fourth-order valence-electron chi connectivity index (χ4n) is 2.62. The van der Waals surface area contributed by atoms with Gasteiger partial charge in [0.1, 0.15) is 0 Å². The van der Waals surface area contributed by atoms with Gasteiger partial charge in [0.05, 0.1) is 10.9 Å². The second-order valence-corrected chi connectivity index (χ2v) is 6.40. The lowest BCUT2D eigenvalue weighted by molar-refractivity contribution is 0.519. The lowest BCUT2D eigenvalue weighted by Gasteiger charge is -2.07. The highest BCUT2D eigenvalue weighted by atomic mass is 79.9. The topological polar surface area (TPSA) is 43.1 Å². The SMILES string of the molecule is O=c1oc(-c2cccc3c(Br)cccc23)nc2ccc(Cl)cc12. The maximum atomic E-state index is 12.3. The highest BCUT2D eigenvalue weighted by Gasteiger charge is 2.12. The summed E-state index contributed by atoms with van der Waals surface area (Å²) < 4.78 is 6.42. The number of hydrogen-bond donors (Lipinski definition) is 0. The molecule has 1 aromatic heterocycles. The Hall–Kier alpha value is -2.17. The van der Waals surface area contributed by atoms with E-state index in [1.165, 1.54) is 0 Å². The number of rotatable bonds is 1. The summed E-state index contributed by atoms with van der Waals surface area (Å²) in [6.45, 7) is 0. The Morgan fingerprint density at radius 3 is 2.61 bits per heavy atom. The first kappa shape index (κ1) is 14.4. The van der Waals surface area contributed by atoms with Crippen LogP contribution in [0.25, 0.3) is 33.1 Å². The molecule has 0 saturated heterocycles. The van der Waals surface area contributed by atoms with Crippen LogP contribution in [0.4, 0.5) is 0 Å². The van der Waals surface area contributed by atoms with Crippen molar-refractivity contribution in [2.75, 3.05) is 0 Å². The van der Waals surface area contributed by atoms with Crippen LogP contribution in [0.3, 0.4) is 0 Å². The average Bonchev–Trinajstić information content (AvgIpc) is 2.55. The van der Waals surface area contributed by atoms with Gasteiger partial charge in [-0.3, -0.25) is 0 Å². The largest absolute Gasteiger partial charge is 0.403 e. The molecule has 0 atom stereocenters. The van der Waals surface area contributed by atoms with Gasteiger partial charge in [0.25, 0.3) is 0 Å². The van der Waals surface area contributed by atoms with Crippen molar-refractivity contribution in [2.45, 2.75) is 0 Å². The first-order chi connectivity index (χ1) is 11.1. The normalized spacial score (nSPS) is 11.2. The molecule has 0 aliphatic carbocycles. The summed E-state index contributed by atoms with van der Waals surface area (Å²) in [5.74, 6) is 0.300. The third-order valence-electron chi connectivity index (χ3n) is 3.69. The van der Waals surface area contributed by atoms with Gasteiger partial charge < -0.3 is 4.42 Å². The Kier molecular flexibility index (Phi) is 3.43. The highest BCUT2D eigenvalue weighted by molar-refractivity contribution is 9.10. The molecule has 0 saturated carbocycles. The van der Waals surface area contributed by atoms with Crippen LogP contribution in [0.1, 0.15) is 0 Å². The van der Waals surface area contributed by atoms with E-state index in [0.717, 1.165) is 20.8 Å². The van der Waals surface area contributed by atoms with Crippen molar-refractivity contribution in [3.05, 3.63) is 74.5 Å². The fraction of sp³-hybridized carbons (Fsp3) is 0. The Balaban J connectivity index is 2.05. The highest BCUT2D eigenvalue weighted by Crippen LogP contribution is 2.31. The summed E-state index contributed by atoms with van der Waals surface area (Å²) in [5.41, 5.74) is 0.893. The first-order valence-corrected chi connectivity index (χ1v) is 8.08. The summed E-state index contributed by atoms with van der Waals surface area (Å²) in [6.07, 6.45) is 0. The van der Waals surface area contributed by atoms with E-state index in [2.05, 4.69) is 20.9 Å². The molecule has 0 aliphatic heterocycles. The van der Waals surface area contributed by atoms with Crippen LogP contribution >= 0.6 is 27.5 Å². The van der Waals surface area contributed by atoms with E-state index in [1.807, 2.05) is 36.4 Å². The molecule has 0 fully saturated rings.